The number of hydrogen-bond donors (Lipinski definition) is 1. The Morgan fingerprint density at radius 1 is 1.40 bits per heavy atom. The number of amides is 1. The Bertz CT molecular complexity index is 732. The maximum atomic E-state index is 12.3. The summed E-state index contributed by atoms with van der Waals surface area (Å²) in [6.07, 6.45) is 5.97. The zero-order chi connectivity index (χ0) is 18.0. The third kappa shape index (κ3) is 4.08. The molecule has 7 heteroatoms. The van der Waals surface area contributed by atoms with Crippen molar-refractivity contribution in [2.24, 2.45) is 0 Å². The Kier molecular flexibility index (Phi) is 5.20. The van der Waals surface area contributed by atoms with Crippen molar-refractivity contribution in [1.29, 1.82) is 0 Å². The largest absolute Gasteiger partial charge is 0.348 e. The zero-order valence-corrected chi connectivity index (χ0v) is 15.5. The molecule has 0 saturated carbocycles. The molecule has 136 valence electrons. The van der Waals surface area contributed by atoms with Crippen LogP contribution in [-0.4, -0.2) is 25.8 Å². The van der Waals surface area contributed by atoms with Crippen molar-refractivity contribution in [2.45, 2.75) is 77.8 Å². The van der Waals surface area contributed by atoms with Gasteiger partial charge in [0.15, 0.2) is 5.82 Å². The van der Waals surface area contributed by atoms with Gasteiger partial charge in [-0.3, -0.25) is 9.48 Å². The summed E-state index contributed by atoms with van der Waals surface area (Å²) in [4.78, 5) is 16.7. The molecule has 1 aliphatic rings. The van der Waals surface area contributed by atoms with Crippen molar-refractivity contribution >= 4 is 5.91 Å². The van der Waals surface area contributed by atoms with Gasteiger partial charge in [0.2, 0.25) is 11.8 Å². The van der Waals surface area contributed by atoms with E-state index < -0.39 is 0 Å². The smallest absolute Gasteiger partial charge is 0.227 e. The first-order chi connectivity index (χ1) is 11.9. The summed E-state index contributed by atoms with van der Waals surface area (Å²) >= 11 is 0. The van der Waals surface area contributed by atoms with Crippen LogP contribution in [0.4, 0.5) is 0 Å². The fraction of sp³-hybridized carbons (Fsp3) is 0.667. The predicted octanol–water partition coefficient (Wildman–Crippen LogP) is 3.10. The molecule has 0 fully saturated rings. The molecule has 0 aliphatic heterocycles. The molecule has 1 aliphatic carbocycles. The van der Waals surface area contributed by atoms with Crippen LogP contribution in [0.25, 0.3) is 0 Å². The fourth-order valence-corrected chi connectivity index (χ4v) is 3.06. The Hall–Kier alpha value is -2.18. The standard InChI is InChI=1S/C18H27N5O2/c1-11(2)18-20-16(25-22-18)9-8-15(24)19-14-7-5-6-13-10-23(12(3)4)21-17(13)14/h10-12,14H,5-9H2,1-4H3,(H,19,24). The second-order valence-electron chi connectivity index (χ2n) is 7.33. The van der Waals surface area contributed by atoms with Gasteiger partial charge in [0.25, 0.3) is 0 Å². The van der Waals surface area contributed by atoms with E-state index in [1.807, 2.05) is 18.5 Å². The number of fused-ring (bicyclic) bond motifs is 1. The molecule has 0 saturated heterocycles. The Balaban J connectivity index is 1.58. The quantitative estimate of drug-likeness (QED) is 0.869. The van der Waals surface area contributed by atoms with E-state index in [4.69, 9.17) is 4.52 Å². The summed E-state index contributed by atoms with van der Waals surface area (Å²) < 4.78 is 7.18. The summed E-state index contributed by atoms with van der Waals surface area (Å²) in [7, 11) is 0. The van der Waals surface area contributed by atoms with Crippen molar-refractivity contribution in [3.63, 3.8) is 0 Å². The average Bonchev–Trinajstić information content (AvgIpc) is 3.20. The molecule has 0 spiro atoms. The van der Waals surface area contributed by atoms with Gasteiger partial charge < -0.3 is 9.84 Å². The van der Waals surface area contributed by atoms with E-state index in [0.29, 0.717) is 30.6 Å². The maximum absolute atomic E-state index is 12.3. The van der Waals surface area contributed by atoms with Crippen molar-refractivity contribution in [3.05, 3.63) is 29.2 Å². The predicted molar refractivity (Wildman–Crippen MR) is 93.1 cm³/mol. The minimum atomic E-state index is 0.00115. The second kappa shape index (κ2) is 7.37. The SMILES string of the molecule is CC(C)c1noc(CCC(=O)NC2CCCc3cn(C(C)C)nc32)n1. The van der Waals surface area contributed by atoms with Crippen molar-refractivity contribution in [3.8, 4) is 0 Å². The van der Waals surface area contributed by atoms with Crippen LogP contribution in [-0.2, 0) is 17.6 Å². The summed E-state index contributed by atoms with van der Waals surface area (Å²) in [5.41, 5.74) is 2.27. The first-order valence-corrected chi connectivity index (χ1v) is 9.13. The molecule has 7 nitrogen and oxygen atoms in total. The summed E-state index contributed by atoms with van der Waals surface area (Å²) in [6, 6.07) is 0.333. The number of hydrogen-bond acceptors (Lipinski definition) is 5. The van der Waals surface area contributed by atoms with Crippen LogP contribution in [0.1, 0.15) is 87.9 Å². The van der Waals surface area contributed by atoms with Crippen LogP contribution < -0.4 is 5.32 Å². The van der Waals surface area contributed by atoms with Crippen molar-refractivity contribution in [2.75, 3.05) is 0 Å². The molecule has 0 aromatic carbocycles. The number of nitrogens with zero attached hydrogens (tertiary/aromatic N) is 4. The highest BCUT2D eigenvalue weighted by atomic mass is 16.5. The molecule has 0 radical (unpaired) electrons. The lowest BCUT2D eigenvalue weighted by molar-refractivity contribution is -0.122. The number of nitrogens with one attached hydrogen (secondary N) is 1. The molecule has 0 bridgehead atoms. The minimum absolute atomic E-state index is 0.00115. The van der Waals surface area contributed by atoms with Gasteiger partial charge >= 0.3 is 0 Å². The van der Waals surface area contributed by atoms with Crippen LogP contribution in [0.2, 0.25) is 0 Å². The molecular weight excluding hydrogens is 318 g/mol. The monoisotopic (exact) mass is 345 g/mol. The Labute approximate surface area is 148 Å². The average molecular weight is 345 g/mol. The van der Waals surface area contributed by atoms with Gasteiger partial charge in [-0.05, 0) is 38.7 Å². The fourth-order valence-electron chi connectivity index (χ4n) is 3.06. The molecule has 25 heavy (non-hydrogen) atoms. The first-order valence-electron chi connectivity index (χ1n) is 9.13. The van der Waals surface area contributed by atoms with Crippen LogP contribution in [0.15, 0.2) is 10.7 Å². The molecular formula is C18H27N5O2. The van der Waals surface area contributed by atoms with Gasteiger partial charge in [-0.25, -0.2) is 0 Å². The zero-order valence-electron chi connectivity index (χ0n) is 15.5. The van der Waals surface area contributed by atoms with Gasteiger partial charge in [-0.2, -0.15) is 10.1 Å². The Morgan fingerprint density at radius 3 is 2.88 bits per heavy atom. The van der Waals surface area contributed by atoms with Gasteiger partial charge in [0.05, 0.1) is 11.7 Å². The molecule has 1 unspecified atom stereocenters. The van der Waals surface area contributed by atoms with E-state index >= 15 is 0 Å². The first kappa shape index (κ1) is 17.6. The van der Waals surface area contributed by atoms with E-state index in [2.05, 4.69) is 40.6 Å². The van der Waals surface area contributed by atoms with E-state index in [0.717, 1.165) is 25.0 Å². The van der Waals surface area contributed by atoms with E-state index in [1.165, 1.54) is 5.56 Å². The van der Waals surface area contributed by atoms with Gasteiger partial charge in [0, 0.05) is 31.0 Å². The van der Waals surface area contributed by atoms with Crippen LogP contribution >= 0.6 is 0 Å². The molecule has 2 aromatic rings. The molecule has 1 amide bonds. The lowest BCUT2D eigenvalue weighted by Crippen LogP contribution is -2.31. The number of rotatable bonds is 6. The highest BCUT2D eigenvalue weighted by Gasteiger charge is 2.25. The van der Waals surface area contributed by atoms with Crippen LogP contribution in [0, 0.1) is 0 Å². The molecule has 1 atom stereocenters. The Morgan fingerprint density at radius 2 is 2.20 bits per heavy atom. The number of carbonyl (C=O) groups is 1. The summed E-state index contributed by atoms with van der Waals surface area (Å²) in [6.45, 7) is 8.25. The van der Waals surface area contributed by atoms with Crippen LogP contribution in [0.3, 0.4) is 0 Å². The van der Waals surface area contributed by atoms with E-state index in [9.17, 15) is 4.79 Å². The van der Waals surface area contributed by atoms with Gasteiger partial charge in [-0.1, -0.05) is 19.0 Å². The third-order valence-corrected chi connectivity index (χ3v) is 4.54. The third-order valence-electron chi connectivity index (χ3n) is 4.54. The van der Waals surface area contributed by atoms with E-state index in [-0.39, 0.29) is 17.9 Å². The minimum Gasteiger partial charge on any atom is -0.348 e. The van der Waals surface area contributed by atoms with Gasteiger partial charge in [0.1, 0.15) is 0 Å². The number of aryl methyl sites for hydroxylation is 2. The number of carbonyl (C=O) groups excluding carboxylic acids is 1. The molecule has 3 rings (SSSR count). The van der Waals surface area contributed by atoms with Gasteiger partial charge in [-0.15, -0.1) is 0 Å². The summed E-state index contributed by atoms with van der Waals surface area (Å²) in [5.74, 6) is 1.43. The highest BCUT2D eigenvalue weighted by molar-refractivity contribution is 5.76. The highest BCUT2D eigenvalue weighted by Crippen LogP contribution is 2.29. The lowest BCUT2D eigenvalue weighted by Gasteiger charge is -2.22. The topological polar surface area (TPSA) is 85.8 Å². The summed E-state index contributed by atoms with van der Waals surface area (Å²) in [5, 5.41) is 11.7. The lowest BCUT2D eigenvalue weighted by atomic mass is 9.93. The van der Waals surface area contributed by atoms with Crippen LogP contribution in [0.5, 0.6) is 0 Å². The molecule has 1 N–H and O–H groups in total. The van der Waals surface area contributed by atoms with Crippen molar-refractivity contribution < 1.29 is 9.32 Å². The normalized spacial score (nSPS) is 17.1. The maximum Gasteiger partial charge on any atom is 0.227 e. The number of aromatic nitrogens is 4. The molecule has 2 heterocycles. The molecule has 2 aromatic heterocycles. The second-order valence-corrected chi connectivity index (χ2v) is 7.33. The van der Waals surface area contributed by atoms with E-state index in [1.54, 1.807) is 0 Å². The van der Waals surface area contributed by atoms with Crippen molar-refractivity contribution in [1.82, 2.24) is 25.2 Å².